The number of carbonyl (C=O) groups is 1. The van der Waals surface area contributed by atoms with E-state index in [-0.39, 0.29) is 18.9 Å². The molecular formula is C78H141NO18. The fraction of sp³-hybridized carbons (Fsp3) is 0.859. The highest BCUT2D eigenvalue weighted by Gasteiger charge is 2.53. The minimum atomic E-state index is -1.99. The van der Waals surface area contributed by atoms with Crippen LogP contribution in [0.5, 0.6) is 0 Å². The lowest BCUT2D eigenvalue weighted by atomic mass is 9.96. The van der Waals surface area contributed by atoms with Crippen LogP contribution in [0.3, 0.4) is 0 Å². The van der Waals surface area contributed by atoms with Gasteiger partial charge in [-0.05, 0) is 77.0 Å². The minimum Gasteiger partial charge on any atom is -0.394 e. The van der Waals surface area contributed by atoms with Crippen LogP contribution in [-0.2, 0) is 33.2 Å². The molecule has 3 aliphatic heterocycles. The van der Waals surface area contributed by atoms with E-state index in [9.17, 15) is 61.0 Å². The predicted octanol–water partition coefficient (Wildman–Crippen LogP) is 12.3. The number of hydrogen-bond acceptors (Lipinski definition) is 18. The molecule has 1 amide bonds. The molecule has 17 atom stereocenters. The van der Waals surface area contributed by atoms with Gasteiger partial charge in [-0.25, -0.2) is 0 Å². The molecule has 97 heavy (non-hydrogen) atoms. The van der Waals surface area contributed by atoms with E-state index in [2.05, 4.69) is 67.8 Å². The maximum absolute atomic E-state index is 13.4. The van der Waals surface area contributed by atoms with Gasteiger partial charge in [-0.3, -0.25) is 4.79 Å². The van der Waals surface area contributed by atoms with Gasteiger partial charge in [0.05, 0.1) is 38.6 Å². The van der Waals surface area contributed by atoms with E-state index in [1.54, 1.807) is 6.08 Å². The Kier molecular flexibility index (Phi) is 53.9. The third kappa shape index (κ3) is 39.6. The summed E-state index contributed by atoms with van der Waals surface area (Å²) in [4.78, 5) is 13.4. The Hall–Kier alpha value is -2.51. The molecule has 0 aromatic carbocycles. The van der Waals surface area contributed by atoms with Crippen LogP contribution in [0, 0.1) is 0 Å². The topological polar surface area (TPSA) is 307 Å². The van der Waals surface area contributed by atoms with Crippen LogP contribution in [0.4, 0.5) is 0 Å². The number of aliphatic hydroxyl groups excluding tert-OH is 11. The summed E-state index contributed by atoms with van der Waals surface area (Å²) in [7, 11) is 0. The van der Waals surface area contributed by atoms with Gasteiger partial charge < -0.3 is 89.9 Å². The van der Waals surface area contributed by atoms with E-state index in [0.717, 1.165) is 64.2 Å². The highest BCUT2D eigenvalue weighted by molar-refractivity contribution is 5.76. The van der Waals surface area contributed by atoms with Gasteiger partial charge in [0.2, 0.25) is 5.91 Å². The van der Waals surface area contributed by atoms with Crippen LogP contribution in [0.15, 0.2) is 60.8 Å². The summed E-state index contributed by atoms with van der Waals surface area (Å²) in [5.74, 6) is -0.293. The first-order chi connectivity index (χ1) is 47.3. The molecule has 0 aromatic heterocycles. The number of carbonyl (C=O) groups excluding carboxylic acids is 1. The van der Waals surface area contributed by atoms with Gasteiger partial charge in [0.1, 0.15) is 73.2 Å². The van der Waals surface area contributed by atoms with Crippen molar-refractivity contribution in [3.05, 3.63) is 60.8 Å². The monoisotopic (exact) mass is 1380 g/mol. The van der Waals surface area contributed by atoms with Gasteiger partial charge in [-0.2, -0.15) is 0 Å². The van der Waals surface area contributed by atoms with Crippen LogP contribution in [-0.4, -0.2) is 193 Å². The van der Waals surface area contributed by atoms with E-state index in [1.165, 1.54) is 199 Å². The molecule has 0 aromatic rings. The Morgan fingerprint density at radius 3 is 1.11 bits per heavy atom. The molecular weight excluding hydrogens is 1240 g/mol. The summed E-state index contributed by atoms with van der Waals surface area (Å²) >= 11 is 0. The average molecular weight is 1380 g/mol. The number of aliphatic hydroxyl groups is 11. The van der Waals surface area contributed by atoms with Crippen LogP contribution >= 0.6 is 0 Å². The molecule has 0 aliphatic carbocycles. The second kappa shape index (κ2) is 58.9. The van der Waals surface area contributed by atoms with E-state index in [0.29, 0.717) is 12.8 Å². The lowest BCUT2D eigenvalue weighted by Crippen LogP contribution is -2.66. The number of amides is 1. The van der Waals surface area contributed by atoms with E-state index < -0.39 is 124 Å². The third-order valence-corrected chi connectivity index (χ3v) is 19.3. The lowest BCUT2D eigenvalue weighted by Gasteiger charge is -2.48. The first kappa shape index (κ1) is 88.7. The number of unbranched alkanes of at least 4 members (excludes halogenated alkanes) is 37. The molecule has 0 spiro atoms. The highest BCUT2D eigenvalue weighted by Crippen LogP contribution is 2.33. The fourth-order valence-electron chi connectivity index (χ4n) is 13.0. The Morgan fingerprint density at radius 2 is 0.691 bits per heavy atom. The van der Waals surface area contributed by atoms with Crippen LogP contribution in [0.25, 0.3) is 0 Å². The number of hydrogen-bond donors (Lipinski definition) is 12. The van der Waals surface area contributed by atoms with Gasteiger partial charge in [0.25, 0.3) is 0 Å². The molecule has 3 aliphatic rings. The van der Waals surface area contributed by atoms with Crippen LogP contribution < -0.4 is 5.32 Å². The predicted molar refractivity (Wildman–Crippen MR) is 383 cm³/mol. The molecule has 17 unspecified atom stereocenters. The van der Waals surface area contributed by atoms with E-state index >= 15 is 0 Å². The second-order valence-corrected chi connectivity index (χ2v) is 27.8. The zero-order valence-corrected chi connectivity index (χ0v) is 60.3. The van der Waals surface area contributed by atoms with Gasteiger partial charge in [0.15, 0.2) is 18.9 Å². The average Bonchev–Trinajstić information content (AvgIpc) is 0.795. The Bertz CT molecular complexity index is 1990. The maximum Gasteiger partial charge on any atom is 0.220 e. The summed E-state index contributed by atoms with van der Waals surface area (Å²) in [5.41, 5.74) is 0. The molecule has 3 saturated heterocycles. The molecule has 3 heterocycles. The van der Waals surface area contributed by atoms with Crippen LogP contribution in [0.2, 0.25) is 0 Å². The van der Waals surface area contributed by atoms with Gasteiger partial charge >= 0.3 is 0 Å². The normalized spacial score (nSPS) is 27.2. The number of rotatable bonds is 61. The third-order valence-electron chi connectivity index (χ3n) is 19.3. The van der Waals surface area contributed by atoms with Crippen molar-refractivity contribution in [2.45, 2.75) is 401 Å². The highest BCUT2D eigenvalue weighted by atomic mass is 16.8. The molecule has 12 N–H and O–H groups in total. The summed E-state index contributed by atoms with van der Waals surface area (Å²) in [5, 5.41) is 121. The van der Waals surface area contributed by atoms with Crippen molar-refractivity contribution >= 4 is 5.91 Å². The van der Waals surface area contributed by atoms with Crippen LogP contribution in [0.1, 0.15) is 296 Å². The standard InChI is InChI=1S/C78H141NO18/c1-3-5-7-9-11-13-15-17-19-21-23-24-25-26-27-28-29-30-31-32-33-34-35-36-38-39-41-43-45-47-49-51-53-55-62(83)61(79-66(84)56-54-52-50-48-46-44-42-40-37-22-20-18-16-14-12-10-8-6-4-2)60-92-76-72(90)69(87)74(64(58-81)94-76)97-78-73(91)70(88)75(65(59-82)95-78)96-77-71(89)68(86)67(85)63(57-80)93-77/h12,14,18,20,38-39,45,47,53,55,61-65,67-78,80-83,85-91H,3-11,13,15-17,19,21-37,40-44,46,48-52,54,56-60H2,1-2H3,(H,79,84)/b14-12-,20-18-,39-38+,47-45+,55-53+. The molecule has 3 rings (SSSR count). The molecule has 3 fully saturated rings. The summed E-state index contributed by atoms with van der Waals surface area (Å²) < 4.78 is 34.4. The van der Waals surface area contributed by atoms with Crippen molar-refractivity contribution in [1.82, 2.24) is 5.32 Å². The van der Waals surface area contributed by atoms with Crippen molar-refractivity contribution in [3.63, 3.8) is 0 Å². The zero-order valence-electron chi connectivity index (χ0n) is 60.3. The molecule has 566 valence electrons. The molecule has 0 bridgehead atoms. The first-order valence-corrected chi connectivity index (χ1v) is 39.0. The lowest BCUT2D eigenvalue weighted by molar-refractivity contribution is -0.379. The largest absolute Gasteiger partial charge is 0.394 e. The van der Waals surface area contributed by atoms with E-state index in [1.807, 2.05) is 6.08 Å². The second-order valence-electron chi connectivity index (χ2n) is 27.8. The number of ether oxygens (including phenoxy) is 6. The molecule has 0 saturated carbocycles. The molecule has 19 heteroatoms. The number of nitrogens with one attached hydrogen (secondary N) is 1. The van der Waals surface area contributed by atoms with Crippen molar-refractivity contribution in [2.75, 3.05) is 26.4 Å². The molecule has 19 nitrogen and oxygen atoms in total. The van der Waals surface area contributed by atoms with Crippen molar-refractivity contribution in [3.8, 4) is 0 Å². The Labute approximate surface area is 586 Å². The summed E-state index contributed by atoms with van der Waals surface area (Å²) in [6.07, 6.45) is 47.9. The molecule has 0 radical (unpaired) electrons. The van der Waals surface area contributed by atoms with Crippen molar-refractivity contribution in [2.24, 2.45) is 0 Å². The van der Waals surface area contributed by atoms with E-state index in [4.69, 9.17) is 28.4 Å². The maximum atomic E-state index is 13.4. The summed E-state index contributed by atoms with van der Waals surface area (Å²) in [6, 6.07) is -1.00. The quantitative estimate of drug-likeness (QED) is 0.0199. The van der Waals surface area contributed by atoms with Gasteiger partial charge in [0, 0.05) is 6.42 Å². The van der Waals surface area contributed by atoms with Gasteiger partial charge in [-0.15, -0.1) is 0 Å². The fourth-order valence-corrected chi connectivity index (χ4v) is 13.0. The number of allylic oxidation sites excluding steroid dienone is 9. The Morgan fingerprint density at radius 1 is 0.371 bits per heavy atom. The minimum absolute atomic E-state index is 0.225. The van der Waals surface area contributed by atoms with Crippen molar-refractivity contribution < 1.29 is 89.4 Å². The smallest absolute Gasteiger partial charge is 0.220 e. The summed E-state index contributed by atoms with van der Waals surface area (Å²) in [6.45, 7) is 1.71. The Balaban J connectivity index is 1.39. The SMILES string of the molecule is CCCCC/C=C\C/C=C\CCCCCCCCCCCC(=O)NC(COC1OC(CO)C(OC2OC(CO)C(OC3OC(CO)C(O)C(O)C3O)C(O)C2O)C(O)C1O)C(O)/C=C/CC/C=C/CC/C=C/CCCCCCCCCCCCCCCCCCCCCCCCC. The first-order valence-electron chi connectivity index (χ1n) is 39.0. The zero-order chi connectivity index (χ0) is 70.4. The van der Waals surface area contributed by atoms with Crippen molar-refractivity contribution in [1.29, 1.82) is 0 Å². The van der Waals surface area contributed by atoms with Gasteiger partial charge in [-0.1, -0.05) is 274 Å².